The summed E-state index contributed by atoms with van der Waals surface area (Å²) in [6.07, 6.45) is 6.45. The maximum Gasteiger partial charge on any atom is 0.343 e. The first-order valence-corrected chi connectivity index (χ1v) is 12.4. The van der Waals surface area contributed by atoms with Crippen LogP contribution in [0.5, 0.6) is 11.5 Å². The van der Waals surface area contributed by atoms with Crippen LogP contribution in [0.3, 0.4) is 0 Å². The fourth-order valence-corrected chi connectivity index (χ4v) is 4.71. The molecule has 0 aromatic heterocycles. The number of carbonyl (C=O) groups excluding carboxylic acids is 1. The molecule has 1 aliphatic carbocycles. The van der Waals surface area contributed by atoms with Gasteiger partial charge in [-0.05, 0) is 83.6 Å². The Bertz CT molecular complexity index is 1250. The van der Waals surface area contributed by atoms with Gasteiger partial charge in [-0.25, -0.2) is 4.79 Å². The molecule has 5 heteroatoms. The zero-order valence-electron chi connectivity index (χ0n) is 20.0. The van der Waals surface area contributed by atoms with E-state index in [-0.39, 0.29) is 5.92 Å². The van der Waals surface area contributed by atoms with Crippen LogP contribution in [0.1, 0.15) is 72.0 Å². The van der Waals surface area contributed by atoms with E-state index in [1.165, 1.54) is 36.8 Å². The number of unbranched alkanes of at least 4 members (excludes halogenated alkanes) is 3. The van der Waals surface area contributed by atoms with Crippen molar-refractivity contribution in [3.8, 4) is 28.7 Å². The van der Waals surface area contributed by atoms with Gasteiger partial charge in [-0.1, -0.05) is 38.3 Å². The number of nitrogens with zero attached hydrogens (tertiary/aromatic N) is 1. The molecule has 2 aliphatic rings. The fourth-order valence-electron chi connectivity index (χ4n) is 4.71. The van der Waals surface area contributed by atoms with E-state index >= 15 is 0 Å². The lowest BCUT2D eigenvalue weighted by Gasteiger charge is -2.11. The summed E-state index contributed by atoms with van der Waals surface area (Å²) in [7, 11) is 0. The zero-order valence-corrected chi connectivity index (χ0v) is 20.0. The number of benzene rings is 3. The van der Waals surface area contributed by atoms with Crippen molar-refractivity contribution >= 4 is 5.97 Å². The number of epoxide rings is 1. The number of fused-ring (bicyclic) bond motifs is 3. The number of hydrogen-bond donors (Lipinski definition) is 0. The molecule has 1 heterocycles. The predicted molar refractivity (Wildman–Crippen MR) is 134 cm³/mol. The van der Waals surface area contributed by atoms with Crippen LogP contribution in [-0.2, 0) is 4.74 Å². The number of nitriles is 1. The van der Waals surface area contributed by atoms with Gasteiger partial charge in [-0.2, -0.15) is 5.26 Å². The molecular weight excluding hydrogens is 438 g/mol. The first-order chi connectivity index (χ1) is 17.1. The maximum absolute atomic E-state index is 12.5. The minimum atomic E-state index is -0.436. The van der Waals surface area contributed by atoms with Gasteiger partial charge in [0.2, 0.25) is 0 Å². The van der Waals surface area contributed by atoms with Crippen molar-refractivity contribution in [1.29, 1.82) is 5.26 Å². The predicted octanol–water partition coefficient (Wildman–Crippen LogP) is 6.64. The minimum absolute atomic E-state index is 0.182. The van der Waals surface area contributed by atoms with Gasteiger partial charge >= 0.3 is 5.97 Å². The van der Waals surface area contributed by atoms with Crippen molar-refractivity contribution in [2.75, 3.05) is 13.2 Å². The summed E-state index contributed by atoms with van der Waals surface area (Å²) in [5, 5.41) is 8.93. The van der Waals surface area contributed by atoms with Gasteiger partial charge < -0.3 is 14.2 Å². The number of esters is 1. The maximum atomic E-state index is 12.5. The molecule has 3 aromatic rings. The van der Waals surface area contributed by atoms with Gasteiger partial charge in [0.05, 0.1) is 36.5 Å². The lowest BCUT2D eigenvalue weighted by molar-refractivity contribution is 0.0734. The highest BCUT2D eigenvalue weighted by atomic mass is 16.6. The molecule has 2 atom stereocenters. The molecule has 1 fully saturated rings. The summed E-state index contributed by atoms with van der Waals surface area (Å²) < 4.78 is 16.9. The SMILES string of the molecule is CC1c2cc(OCCCCCCC3CO3)ccc2-c2ccc(OC(=O)c3ccc(C#N)cc3)cc21. The van der Waals surface area contributed by atoms with E-state index in [0.29, 0.717) is 23.0 Å². The van der Waals surface area contributed by atoms with Crippen LogP contribution >= 0.6 is 0 Å². The Morgan fingerprint density at radius 3 is 2.29 bits per heavy atom. The monoisotopic (exact) mass is 467 g/mol. The highest BCUT2D eigenvalue weighted by molar-refractivity contribution is 5.91. The first-order valence-electron chi connectivity index (χ1n) is 12.4. The number of rotatable bonds is 10. The van der Waals surface area contributed by atoms with E-state index in [2.05, 4.69) is 25.1 Å². The van der Waals surface area contributed by atoms with Gasteiger partial charge in [0.15, 0.2) is 0 Å². The number of hydrogen-bond acceptors (Lipinski definition) is 5. The van der Waals surface area contributed by atoms with E-state index in [4.69, 9.17) is 19.5 Å². The molecule has 35 heavy (non-hydrogen) atoms. The van der Waals surface area contributed by atoms with Crippen molar-refractivity contribution in [3.63, 3.8) is 0 Å². The van der Waals surface area contributed by atoms with E-state index in [1.807, 2.05) is 24.3 Å². The van der Waals surface area contributed by atoms with E-state index < -0.39 is 5.97 Å². The van der Waals surface area contributed by atoms with Crippen molar-refractivity contribution in [1.82, 2.24) is 0 Å². The van der Waals surface area contributed by atoms with Crippen LogP contribution in [0, 0.1) is 11.3 Å². The molecular formula is C30H29NO4. The lowest BCUT2D eigenvalue weighted by atomic mass is 9.99. The van der Waals surface area contributed by atoms with Crippen molar-refractivity contribution in [2.45, 2.75) is 51.0 Å². The molecule has 178 valence electrons. The van der Waals surface area contributed by atoms with E-state index in [9.17, 15) is 4.79 Å². The lowest BCUT2D eigenvalue weighted by Crippen LogP contribution is -2.08. The molecule has 0 saturated carbocycles. The zero-order chi connectivity index (χ0) is 24.2. The Kier molecular flexibility index (Phi) is 6.83. The van der Waals surface area contributed by atoms with Gasteiger partial charge in [-0.15, -0.1) is 0 Å². The third-order valence-electron chi connectivity index (χ3n) is 6.82. The smallest absolute Gasteiger partial charge is 0.343 e. The van der Waals surface area contributed by atoms with Crippen molar-refractivity contribution in [2.24, 2.45) is 0 Å². The molecule has 5 rings (SSSR count). The molecule has 3 aromatic carbocycles. The van der Waals surface area contributed by atoms with Crippen molar-refractivity contribution < 1.29 is 19.0 Å². The molecule has 1 aliphatic heterocycles. The van der Waals surface area contributed by atoms with Gasteiger partial charge in [-0.3, -0.25) is 0 Å². The fraction of sp³-hybridized carbons (Fsp3) is 0.333. The Morgan fingerprint density at radius 2 is 1.60 bits per heavy atom. The van der Waals surface area contributed by atoms with Crippen LogP contribution in [0.25, 0.3) is 11.1 Å². The van der Waals surface area contributed by atoms with Crippen LogP contribution < -0.4 is 9.47 Å². The highest BCUT2D eigenvalue weighted by Gasteiger charge is 2.27. The topological polar surface area (TPSA) is 71.8 Å². The molecule has 0 amide bonds. The second kappa shape index (κ2) is 10.3. The molecule has 0 bridgehead atoms. The standard InChI is InChI=1S/C30H29NO4/c1-20-28-16-23(33-15-5-3-2-4-6-25-19-34-25)11-13-26(28)27-14-12-24(17-29(20)27)35-30(32)22-9-7-21(18-31)8-10-22/h7-14,16-17,20,25H,2-6,15,19H2,1H3. The summed E-state index contributed by atoms with van der Waals surface area (Å²) in [4.78, 5) is 12.5. The second-order valence-corrected chi connectivity index (χ2v) is 9.31. The number of carbonyl (C=O) groups is 1. The molecule has 2 unspecified atom stereocenters. The molecule has 0 radical (unpaired) electrons. The summed E-state index contributed by atoms with van der Waals surface area (Å²) in [5.41, 5.74) is 5.66. The Morgan fingerprint density at radius 1 is 0.943 bits per heavy atom. The van der Waals surface area contributed by atoms with Gasteiger partial charge in [0.25, 0.3) is 0 Å². The van der Waals surface area contributed by atoms with E-state index in [0.717, 1.165) is 36.5 Å². The largest absolute Gasteiger partial charge is 0.494 e. The highest BCUT2D eigenvalue weighted by Crippen LogP contribution is 2.47. The van der Waals surface area contributed by atoms with Crippen LogP contribution in [0.2, 0.25) is 0 Å². The molecule has 0 N–H and O–H groups in total. The summed E-state index contributed by atoms with van der Waals surface area (Å²) in [6.45, 7) is 3.86. The van der Waals surface area contributed by atoms with E-state index in [1.54, 1.807) is 24.3 Å². The summed E-state index contributed by atoms with van der Waals surface area (Å²) >= 11 is 0. The van der Waals surface area contributed by atoms with Crippen LogP contribution in [0.15, 0.2) is 60.7 Å². The van der Waals surface area contributed by atoms with Crippen LogP contribution in [-0.4, -0.2) is 25.3 Å². The average Bonchev–Trinajstić information content (AvgIpc) is 3.68. The number of ether oxygens (including phenoxy) is 3. The average molecular weight is 468 g/mol. The normalized spacial score (nSPS) is 17.3. The Hall–Kier alpha value is -3.62. The van der Waals surface area contributed by atoms with Gasteiger partial charge in [0, 0.05) is 5.92 Å². The second-order valence-electron chi connectivity index (χ2n) is 9.31. The third-order valence-corrected chi connectivity index (χ3v) is 6.82. The van der Waals surface area contributed by atoms with Crippen LogP contribution in [0.4, 0.5) is 0 Å². The Labute approximate surface area is 206 Å². The first kappa shape index (κ1) is 23.1. The van der Waals surface area contributed by atoms with Gasteiger partial charge in [0.1, 0.15) is 11.5 Å². The summed E-state index contributed by atoms with van der Waals surface area (Å²) in [5.74, 6) is 1.17. The van der Waals surface area contributed by atoms with Crippen molar-refractivity contribution in [3.05, 3.63) is 82.9 Å². The molecule has 1 saturated heterocycles. The third kappa shape index (κ3) is 5.39. The summed E-state index contributed by atoms with van der Waals surface area (Å²) in [6, 6.07) is 20.6. The molecule has 5 nitrogen and oxygen atoms in total. The minimum Gasteiger partial charge on any atom is -0.494 e. The quantitative estimate of drug-likeness (QED) is 0.145. The molecule has 0 spiro atoms. The Balaban J connectivity index is 1.19.